The fourth-order valence-corrected chi connectivity index (χ4v) is 1.80. The molecule has 0 fully saturated rings. The molecule has 0 spiro atoms. The molecule has 0 aliphatic heterocycles. The van der Waals surface area contributed by atoms with Gasteiger partial charge in [-0.1, -0.05) is 12.1 Å². The van der Waals surface area contributed by atoms with Gasteiger partial charge in [0.1, 0.15) is 6.07 Å². The minimum absolute atomic E-state index is 0. The van der Waals surface area contributed by atoms with Gasteiger partial charge in [0, 0.05) is 11.6 Å². The average molecular weight is 272 g/mol. The third kappa shape index (κ3) is 3.13. The molecule has 5 heteroatoms. The summed E-state index contributed by atoms with van der Waals surface area (Å²) in [5.41, 5.74) is 8.36. The van der Waals surface area contributed by atoms with E-state index in [1.54, 1.807) is 0 Å². The first kappa shape index (κ1) is 15.8. The number of rotatable bonds is 3. The number of nitrogens with zero attached hydrogens (tertiary/aromatic N) is 1. The zero-order valence-electron chi connectivity index (χ0n) is 9.27. The topological polar surface area (TPSA) is 65.6 Å². The summed E-state index contributed by atoms with van der Waals surface area (Å²) in [7, 11) is 0. The van der Waals surface area contributed by atoms with E-state index in [0.717, 1.165) is 23.7 Å². The van der Waals surface area contributed by atoms with Crippen molar-refractivity contribution in [3.05, 3.63) is 35.5 Å². The minimum Gasteiger partial charge on any atom is -0.360 e. The minimum atomic E-state index is 0. The van der Waals surface area contributed by atoms with Crippen molar-refractivity contribution >= 4 is 35.7 Å². The number of fused-ring (bicyclic) bond motifs is 1. The fourth-order valence-electron chi connectivity index (χ4n) is 1.80. The van der Waals surface area contributed by atoms with Gasteiger partial charge in [-0.15, -0.1) is 24.8 Å². The number of aromatic amines is 1. The lowest BCUT2D eigenvalue weighted by Gasteiger charge is -1.97. The molecule has 0 radical (unpaired) electrons. The standard InChI is InChI=1S/C12H13N3.2ClH/c13-6-2-4-10-8-15-12-9(7-14)3-1-5-11(10)12;;/h1,3,5,8,15H,2,4,6,13H2;2*1H. The molecule has 0 aliphatic rings. The maximum Gasteiger partial charge on any atom is 0.101 e. The number of hydrogen-bond acceptors (Lipinski definition) is 2. The van der Waals surface area contributed by atoms with E-state index in [-0.39, 0.29) is 24.8 Å². The SMILES string of the molecule is Cl.Cl.N#Cc1cccc2c(CCCN)c[nH]c12. The number of aryl methyl sites for hydroxylation is 1. The summed E-state index contributed by atoms with van der Waals surface area (Å²) in [6.45, 7) is 0.699. The number of nitrogens with two attached hydrogens (primary N) is 1. The molecule has 0 aliphatic carbocycles. The van der Waals surface area contributed by atoms with E-state index in [4.69, 9.17) is 11.0 Å². The third-order valence-corrected chi connectivity index (χ3v) is 2.57. The summed E-state index contributed by atoms with van der Waals surface area (Å²) in [6.07, 6.45) is 3.91. The van der Waals surface area contributed by atoms with E-state index in [9.17, 15) is 0 Å². The van der Waals surface area contributed by atoms with Crippen LogP contribution in [0.25, 0.3) is 10.9 Å². The van der Waals surface area contributed by atoms with E-state index >= 15 is 0 Å². The van der Waals surface area contributed by atoms with Crippen LogP contribution < -0.4 is 5.73 Å². The predicted octanol–water partition coefficient (Wildman–Crippen LogP) is 2.77. The average Bonchev–Trinajstić information content (AvgIpc) is 2.69. The van der Waals surface area contributed by atoms with Gasteiger partial charge in [-0.25, -0.2) is 0 Å². The van der Waals surface area contributed by atoms with Crippen LogP contribution in [0.5, 0.6) is 0 Å². The normalized spacial score (nSPS) is 9.18. The van der Waals surface area contributed by atoms with Gasteiger partial charge in [0.05, 0.1) is 11.1 Å². The van der Waals surface area contributed by atoms with Gasteiger partial charge < -0.3 is 10.7 Å². The van der Waals surface area contributed by atoms with Crippen LogP contribution in [0.1, 0.15) is 17.5 Å². The summed E-state index contributed by atoms with van der Waals surface area (Å²) in [5, 5.41) is 10.1. The maximum atomic E-state index is 8.93. The van der Waals surface area contributed by atoms with Crippen molar-refractivity contribution in [3.8, 4) is 6.07 Å². The lowest BCUT2D eigenvalue weighted by molar-refractivity contribution is 0.837. The molecule has 2 aromatic rings. The molecule has 1 heterocycles. The van der Waals surface area contributed by atoms with Gasteiger partial charge in [0.2, 0.25) is 0 Å². The van der Waals surface area contributed by atoms with Crippen molar-refractivity contribution in [1.29, 1.82) is 5.26 Å². The van der Waals surface area contributed by atoms with Crippen LogP contribution in [-0.4, -0.2) is 11.5 Å². The highest BCUT2D eigenvalue weighted by molar-refractivity contribution is 5.87. The molecule has 92 valence electrons. The Hall–Kier alpha value is -1.21. The molecule has 0 saturated carbocycles. The fraction of sp³-hybridized carbons (Fsp3) is 0.250. The summed E-state index contributed by atoms with van der Waals surface area (Å²) in [6, 6.07) is 7.97. The quantitative estimate of drug-likeness (QED) is 0.902. The maximum absolute atomic E-state index is 8.93. The second kappa shape index (κ2) is 7.18. The summed E-state index contributed by atoms with van der Waals surface area (Å²) >= 11 is 0. The van der Waals surface area contributed by atoms with Gasteiger partial charge in [0.25, 0.3) is 0 Å². The van der Waals surface area contributed by atoms with Gasteiger partial charge in [0.15, 0.2) is 0 Å². The highest BCUT2D eigenvalue weighted by Crippen LogP contribution is 2.22. The molecule has 3 N–H and O–H groups in total. The molecule has 3 nitrogen and oxygen atoms in total. The molecule has 1 aromatic carbocycles. The monoisotopic (exact) mass is 271 g/mol. The Balaban J connectivity index is 0.00000128. The van der Waals surface area contributed by atoms with Gasteiger partial charge >= 0.3 is 0 Å². The smallest absolute Gasteiger partial charge is 0.101 e. The van der Waals surface area contributed by atoms with Crippen LogP contribution in [0.15, 0.2) is 24.4 Å². The molecule has 2 rings (SSSR count). The van der Waals surface area contributed by atoms with Gasteiger partial charge in [-0.2, -0.15) is 5.26 Å². The van der Waals surface area contributed by atoms with Crippen LogP contribution in [-0.2, 0) is 6.42 Å². The Morgan fingerprint density at radius 1 is 1.29 bits per heavy atom. The Bertz CT molecular complexity index is 514. The first-order chi connectivity index (χ1) is 7.36. The van der Waals surface area contributed by atoms with Crippen molar-refractivity contribution < 1.29 is 0 Å². The first-order valence-electron chi connectivity index (χ1n) is 5.06. The Kier molecular flexibility index (Phi) is 6.67. The van der Waals surface area contributed by atoms with Crippen LogP contribution in [0, 0.1) is 11.3 Å². The molecule has 0 atom stereocenters. The summed E-state index contributed by atoms with van der Waals surface area (Å²) in [5.74, 6) is 0. The van der Waals surface area contributed by atoms with Crippen molar-refractivity contribution in [3.63, 3.8) is 0 Å². The van der Waals surface area contributed by atoms with E-state index in [2.05, 4.69) is 11.1 Å². The molecule has 0 bridgehead atoms. The highest BCUT2D eigenvalue weighted by atomic mass is 35.5. The van der Waals surface area contributed by atoms with Gasteiger partial charge in [-0.3, -0.25) is 0 Å². The number of para-hydroxylation sites is 1. The Morgan fingerprint density at radius 3 is 2.71 bits per heavy atom. The predicted molar refractivity (Wildman–Crippen MR) is 74.9 cm³/mol. The number of H-pyrrole nitrogens is 1. The Labute approximate surface area is 113 Å². The van der Waals surface area contributed by atoms with Crippen molar-refractivity contribution in [2.24, 2.45) is 5.73 Å². The Morgan fingerprint density at radius 2 is 2.06 bits per heavy atom. The number of halogens is 2. The number of aromatic nitrogens is 1. The van der Waals surface area contributed by atoms with E-state index < -0.39 is 0 Å². The molecule has 1 aromatic heterocycles. The molecular formula is C12H15Cl2N3. The summed E-state index contributed by atoms with van der Waals surface area (Å²) < 4.78 is 0. The van der Waals surface area contributed by atoms with E-state index in [0.29, 0.717) is 12.1 Å². The molecule has 0 unspecified atom stereocenters. The van der Waals surface area contributed by atoms with Crippen LogP contribution in [0.2, 0.25) is 0 Å². The van der Waals surface area contributed by atoms with Crippen molar-refractivity contribution in [2.45, 2.75) is 12.8 Å². The lowest BCUT2D eigenvalue weighted by atomic mass is 10.1. The van der Waals surface area contributed by atoms with E-state index in [1.807, 2.05) is 24.4 Å². The zero-order chi connectivity index (χ0) is 10.7. The second-order valence-corrected chi connectivity index (χ2v) is 3.55. The molecule has 0 amide bonds. The van der Waals surface area contributed by atoms with Crippen LogP contribution in [0.3, 0.4) is 0 Å². The number of benzene rings is 1. The number of hydrogen-bond donors (Lipinski definition) is 2. The molecule has 17 heavy (non-hydrogen) atoms. The van der Waals surface area contributed by atoms with Crippen molar-refractivity contribution in [2.75, 3.05) is 6.54 Å². The molecular weight excluding hydrogens is 257 g/mol. The van der Waals surface area contributed by atoms with Crippen molar-refractivity contribution in [1.82, 2.24) is 4.98 Å². The zero-order valence-corrected chi connectivity index (χ0v) is 10.9. The summed E-state index contributed by atoms with van der Waals surface area (Å²) in [4.78, 5) is 3.15. The van der Waals surface area contributed by atoms with E-state index in [1.165, 1.54) is 5.56 Å². The van der Waals surface area contributed by atoms with Crippen LogP contribution >= 0.6 is 24.8 Å². The second-order valence-electron chi connectivity index (χ2n) is 3.55. The molecule has 0 saturated heterocycles. The first-order valence-corrected chi connectivity index (χ1v) is 5.06. The highest BCUT2D eigenvalue weighted by Gasteiger charge is 2.05. The van der Waals surface area contributed by atoms with Gasteiger partial charge in [-0.05, 0) is 31.0 Å². The number of nitrogens with one attached hydrogen (secondary N) is 1. The largest absolute Gasteiger partial charge is 0.360 e. The third-order valence-electron chi connectivity index (χ3n) is 2.57. The van der Waals surface area contributed by atoms with Crippen LogP contribution in [0.4, 0.5) is 0 Å². The lowest BCUT2D eigenvalue weighted by Crippen LogP contribution is -1.99. The number of nitriles is 1.